The average Bonchev–Trinajstić information content (AvgIpc) is 3.35. The van der Waals surface area contributed by atoms with Gasteiger partial charge in [0.1, 0.15) is 0 Å². The molecular formula is C20H16ClF3N4OS. The zero-order chi connectivity index (χ0) is 21.0. The van der Waals surface area contributed by atoms with Gasteiger partial charge in [0, 0.05) is 6.54 Å². The summed E-state index contributed by atoms with van der Waals surface area (Å²) < 4.78 is 41.8. The van der Waals surface area contributed by atoms with Crippen LogP contribution in [-0.4, -0.2) is 31.6 Å². The lowest BCUT2D eigenvalue weighted by Gasteiger charge is -2.45. The number of amides is 1. The quantitative estimate of drug-likeness (QED) is 0.521. The van der Waals surface area contributed by atoms with E-state index in [1.54, 1.807) is 16.2 Å². The number of benzene rings is 1. The van der Waals surface area contributed by atoms with Crippen molar-refractivity contribution in [3.63, 3.8) is 0 Å². The Morgan fingerprint density at radius 2 is 2.00 bits per heavy atom. The highest BCUT2D eigenvalue weighted by Gasteiger charge is 2.44. The van der Waals surface area contributed by atoms with E-state index in [9.17, 15) is 18.0 Å². The van der Waals surface area contributed by atoms with Crippen LogP contribution in [0.4, 0.5) is 13.2 Å². The van der Waals surface area contributed by atoms with Crippen LogP contribution in [0.2, 0.25) is 5.02 Å². The molecule has 2 atom stereocenters. The summed E-state index contributed by atoms with van der Waals surface area (Å²) in [6.07, 6.45) is -2.26. The Balaban J connectivity index is 1.55. The zero-order valence-electron chi connectivity index (χ0n) is 15.6. The highest BCUT2D eigenvalue weighted by atomic mass is 35.5. The maximum atomic E-state index is 13.4. The molecule has 3 aromatic rings. The first-order valence-corrected chi connectivity index (χ1v) is 10.8. The third-order valence-corrected chi connectivity index (χ3v) is 7.00. The molecule has 1 aromatic carbocycles. The monoisotopic (exact) mass is 452 g/mol. The van der Waals surface area contributed by atoms with Crippen LogP contribution < -0.4 is 0 Å². The van der Waals surface area contributed by atoms with Crippen molar-refractivity contribution in [2.75, 3.05) is 0 Å². The summed E-state index contributed by atoms with van der Waals surface area (Å²) in [6.45, 7) is 0.508. The number of alkyl halides is 3. The van der Waals surface area contributed by atoms with Gasteiger partial charge in [-0.1, -0.05) is 23.7 Å². The fourth-order valence-electron chi connectivity index (χ4n) is 4.42. The lowest BCUT2D eigenvalue weighted by Crippen LogP contribution is -2.52. The largest absolute Gasteiger partial charge is 0.417 e. The summed E-state index contributed by atoms with van der Waals surface area (Å²) in [4.78, 5) is 16.0. The van der Waals surface area contributed by atoms with Crippen molar-refractivity contribution >= 4 is 28.8 Å². The van der Waals surface area contributed by atoms with E-state index >= 15 is 0 Å². The number of carbonyl (C=O) groups is 1. The van der Waals surface area contributed by atoms with Crippen LogP contribution >= 0.6 is 22.9 Å². The van der Waals surface area contributed by atoms with Gasteiger partial charge in [0.05, 0.1) is 33.1 Å². The third kappa shape index (κ3) is 3.02. The van der Waals surface area contributed by atoms with E-state index in [0.717, 1.165) is 29.6 Å². The van der Waals surface area contributed by atoms with E-state index in [0.29, 0.717) is 18.8 Å². The zero-order valence-corrected chi connectivity index (χ0v) is 17.1. The molecular weight excluding hydrogens is 437 g/mol. The topological polar surface area (TPSA) is 51.0 Å². The number of hydrogen-bond donors (Lipinski definition) is 0. The van der Waals surface area contributed by atoms with E-state index < -0.39 is 22.7 Å². The van der Waals surface area contributed by atoms with E-state index in [1.807, 2.05) is 22.1 Å². The van der Waals surface area contributed by atoms with Gasteiger partial charge in [0.2, 0.25) is 0 Å². The van der Waals surface area contributed by atoms with E-state index in [4.69, 9.17) is 11.6 Å². The molecule has 4 heterocycles. The number of thiophene rings is 1. The normalized spacial score (nSPS) is 20.9. The molecule has 5 rings (SSSR count). The van der Waals surface area contributed by atoms with Gasteiger partial charge in [0.15, 0.2) is 11.6 Å². The molecule has 0 saturated carbocycles. The molecule has 0 N–H and O–H groups in total. The number of piperidine rings is 1. The molecule has 10 heteroatoms. The van der Waals surface area contributed by atoms with E-state index in [-0.39, 0.29) is 17.6 Å². The second kappa shape index (κ2) is 7.09. The number of halogens is 4. The van der Waals surface area contributed by atoms with Crippen molar-refractivity contribution < 1.29 is 18.0 Å². The Morgan fingerprint density at radius 3 is 2.73 bits per heavy atom. The minimum Gasteiger partial charge on any atom is -0.324 e. The van der Waals surface area contributed by atoms with Gasteiger partial charge in [-0.15, -0.1) is 21.5 Å². The van der Waals surface area contributed by atoms with Crippen molar-refractivity contribution in [2.45, 2.75) is 44.1 Å². The van der Waals surface area contributed by atoms with Gasteiger partial charge in [-0.3, -0.25) is 4.79 Å². The second-order valence-corrected chi connectivity index (χ2v) is 8.77. The van der Waals surface area contributed by atoms with Crippen molar-refractivity contribution in [1.82, 2.24) is 19.7 Å². The summed E-state index contributed by atoms with van der Waals surface area (Å²) >= 11 is 7.60. The first-order chi connectivity index (χ1) is 14.4. The van der Waals surface area contributed by atoms with Gasteiger partial charge in [0.25, 0.3) is 5.91 Å². The summed E-state index contributed by atoms with van der Waals surface area (Å²) in [5, 5.41) is 10.1. The fourth-order valence-corrected chi connectivity index (χ4v) is 5.45. The Labute approximate surface area is 179 Å². The molecule has 5 nitrogen and oxygen atoms in total. The molecule has 2 aliphatic heterocycles. The molecule has 0 radical (unpaired) electrons. The first-order valence-electron chi connectivity index (χ1n) is 9.51. The summed E-state index contributed by atoms with van der Waals surface area (Å²) in [7, 11) is 0. The van der Waals surface area contributed by atoms with Gasteiger partial charge < -0.3 is 9.47 Å². The summed E-state index contributed by atoms with van der Waals surface area (Å²) in [5.74, 6) is 0.944. The van der Waals surface area contributed by atoms with Crippen molar-refractivity contribution in [3.8, 4) is 10.7 Å². The molecule has 0 unspecified atom stereocenters. The van der Waals surface area contributed by atoms with Crippen LogP contribution in [0, 0.1) is 0 Å². The molecule has 2 aromatic heterocycles. The molecule has 156 valence electrons. The second-order valence-electron chi connectivity index (χ2n) is 7.45. The van der Waals surface area contributed by atoms with E-state index in [2.05, 4.69) is 10.2 Å². The predicted molar refractivity (Wildman–Crippen MR) is 106 cm³/mol. The number of aromatic nitrogens is 3. The molecule has 1 amide bonds. The molecule has 0 aliphatic carbocycles. The maximum Gasteiger partial charge on any atom is 0.417 e. The minimum atomic E-state index is -4.62. The predicted octanol–water partition coefficient (Wildman–Crippen LogP) is 5.43. The Kier molecular flexibility index (Phi) is 4.62. The number of hydrogen-bond acceptors (Lipinski definition) is 4. The van der Waals surface area contributed by atoms with Crippen LogP contribution in [0.15, 0.2) is 35.7 Å². The summed E-state index contributed by atoms with van der Waals surface area (Å²) in [5.41, 5.74) is -1.13. The van der Waals surface area contributed by atoms with Gasteiger partial charge in [-0.2, -0.15) is 13.2 Å². The number of fused-ring (bicyclic) bond motifs is 4. The molecule has 2 aliphatic rings. The minimum absolute atomic E-state index is 0.130. The lowest BCUT2D eigenvalue weighted by molar-refractivity contribution is -0.137. The van der Waals surface area contributed by atoms with Gasteiger partial charge >= 0.3 is 6.18 Å². The molecule has 2 bridgehead atoms. The van der Waals surface area contributed by atoms with Crippen LogP contribution in [0.25, 0.3) is 10.7 Å². The smallest absolute Gasteiger partial charge is 0.324 e. The van der Waals surface area contributed by atoms with Crippen LogP contribution in [0.1, 0.15) is 47.1 Å². The van der Waals surface area contributed by atoms with Crippen molar-refractivity contribution in [1.29, 1.82) is 0 Å². The molecule has 0 spiro atoms. The van der Waals surface area contributed by atoms with Crippen molar-refractivity contribution in [3.05, 3.63) is 57.7 Å². The van der Waals surface area contributed by atoms with Crippen molar-refractivity contribution in [2.24, 2.45) is 0 Å². The molecule has 1 saturated heterocycles. The molecule has 1 fully saturated rings. The lowest BCUT2D eigenvalue weighted by atomic mass is 9.90. The fraction of sp³-hybridized carbons (Fsp3) is 0.350. The van der Waals surface area contributed by atoms with Crippen LogP contribution in [0.3, 0.4) is 0 Å². The van der Waals surface area contributed by atoms with Crippen LogP contribution in [-0.2, 0) is 12.7 Å². The Morgan fingerprint density at radius 1 is 1.17 bits per heavy atom. The molecule has 30 heavy (non-hydrogen) atoms. The number of carbonyl (C=O) groups excluding carboxylic acids is 1. The SMILES string of the molecule is O=C(c1cccc(C(F)(F)F)c1Cl)N1[C@H]2CCC[C@H]1c1nnc(-c3cccs3)n1C2. The third-order valence-electron chi connectivity index (χ3n) is 5.73. The standard InChI is InChI=1S/C20H16ClF3N4OS/c21-16-12(5-2-6-13(16)20(22,23)24)19(29)28-11-4-1-7-14(28)17-25-26-18(27(17)10-11)15-8-3-9-30-15/h2-3,5-6,8-9,11,14H,1,4,7,10H2/t11-,14-/m0/s1. The Hall–Kier alpha value is -2.39. The van der Waals surface area contributed by atoms with Crippen LogP contribution in [0.5, 0.6) is 0 Å². The van der Waals surface area contributed by atoms with Gasteiger partial charge in [-0.05, 0) is 42.8 Å². The highest BCUT2D eigenvalue weighted by Crippen LogP contribution is 2.43. The van der Waals surface area contributed by atoms with E-state index in [1.165, 1.54) is 12.1 Å². The number of rotatable bonds is 2. The van der Waals surface area contributed by atoms with Gasteiger partial charge in [-0.25, -0.2) is 0 Å². The average molecular weight is 453 g/mol. The first kappa shape index (κ1) is 19.6. The number of nitrogens with zero attached hydrogens (tertiary/aromatic N) is 4. The highest BCUT2D eigenvalue weighted by molar-refractivity contribution is 7.13. The maximum absolute atomic E-state index is 13.4. The Bertz CT molecular complexity index is 1110. The summed E-state index contributed by atoms with van der Waals surface area (Å²) in [6, 6.07) is 6.89.